The van der Waals surface area contributed by atoms with Crippen LogP contribution in [0.5, 0.6) is 0 Å². The molecule has 1 aromatic rings. The van der Waals surface area contributed by atoms with Crippen LogP contribution in [0.1, 0.15) is 31.2 Å². The molecule has 0 radical (unpaired) electrons. The van der Waals surface area contributed by atoms with Gasteiger partial charge in [-0.1, -0.05) is 6.92 Å². The van der Waals surface area contributed by atoms with E-state index in [0.717, 1.165) is 12.8 Å². The number of rotatable bonds is 7. The first-order valence-electron chi connectivity index (χ1n) is 6.49. The Bertz CT molecular complexity index is 522. The Morgan fingerprint density at radius 2 is 2.05 bits per heavy atom. The lowest BCUT2D eigenvalue weighted by Gasteiger charge is -2.09. The highest BCUT2D eigenvalue weighted by molar-refractivity contribution is 7.89. The predicted octanol–water partition coefficient (Wildman–Crippen LogP) is 0.690. The van der Waals surface area contributed by atoms with Crippen molar-refractivity contribution in [3.63, 3.8) is 0 Å². The van der Waals surface area contributed by atoms with E-state index in [9.17, 15) is 8.42 Å². The van der Waals surface area contributed by atoms with Crippen molar-refractivity contribution in [3.8, 4) is 0 Å². The van der Waals surface area contributed by atoms with Crippen molar-refractivity contribution >= 4 is 10.0 Å². The Labute approximate surface area is 115 Å². The first kappa shape index (κ1) is 16.1. The highest BCUT2D eigenvalue weighted by Crippen LogP contribution is 2.18. The molecule has 1 unspecified atom stereocenters. The molecule has 3 N–H and O–H groups in total. The van der Waals surface area contributed by atoms with E-state index in [4.69, 9.17) is 5.73 Å². The van der Waals surface area contributed by atoms with E-state index in [1.165, 1.54) is 0 Å². The van der Waals surface area contributed by atoms with Crippen LogP contribution < -0.4 is 10.5 Å². The van der Waals surface area contributed by atoms with Gasteiger partial charge in [0.1, 0.15) is 4.90 Å². The number of nitrogens with zero attached hydrogens (tertiary/aromatic N) is 2. The summed E-state index contributed by atoms with van der Waals surface area (Å²) in [4.78, 5) is 0.293. The Morgan fingerprint density at radius 1 is 1.42 bits per heavy atom. The zero-order valence-electron chi connectivity index (χ0n) is 12.1. The lowest BCUT2D eigenvalue weighted by atomic mass is 10.1. The Morgan fingerprint density at radius 3 is 2.53 bits per heavy atom. The van der Waals surface area contributed by atoms with Gasteiger partial charge in [-0.3, -0.25) is 4.68 Å². The third-order valence-electron chi connectivity index (χ3n) is 3.28. The smallest absolute Gasteiger partial charge is 0.244 e. The van der Waals surface area contributed by atoms with Gasteiger partial charge in [0.15, 0.2) is 0 Å². The van der Waals surface area contributed by atoms with E-state index >= 15 is 0 Å². The van der Waals surface area contributed by atoms with Crippen molar-refractivity contribution in [3.05, 3.63) is 11.4 Å². The van der Waals surface area contributed by atoms with Crippen LogP contribution in [-0.2, 0) is 17.1 Å². The molecule has 1 atom stereocenters. The van der Waals surface area contributed by atoms with Crippen LogP contribution in [0.2, 0.25) is 0 Å². The van der Waals surface area contributed by atoms with Crippen LogP contribution in [0.15, 0.2) is 4.90 Å². The number of nitrogens with one attached hydrogen (secondary N) is 1. The highest BCUT2D eigenvalue weighted by Gasteiger charge is 2.23. The van der Waals surface area contributed by atoms with Crippen molar-refractivity contribution in [2.75, 3.05) is 13.1 Å². The van der Waals surface area contributed by atoms with Crippen LogP contribution in [-0.4, -0.2) is 31.3 Å². The fraction of sp³-hybridized carbons (Fsp3) is 0.750. The SMILES string of the molecule is Cc1nn(C)c(C)c1S(=O)(=O)NCCCC(C)CN. The molecule has 0 amide bonds. The molecule has 0 fully saturated rings. The standard InChI is InChI=1S/C12H24N4O2S/c1-9(8-13)6-5-7-14-19(17,18)12-10(2)15-16(4)11(12)3/h9,14H,5-8,13H2,1-4H3. The van der Waals surface area contributed by atoms with Crippen molar-refractivity contribution < 1.29 is 8.42 Å². The maximum absolute atomic E-state index is 12.2. The highest BCUT2D eigenvalue weighted by atomic mass is 32.2. The van der Waals surface area contributed by atoms with Crippen LogP contribution in [0.4, 0.5) is 0 Å². The van der Waals surface area contributed by atoms with Crippen molar-refractivity contribution in [2.45, 2.75) is 38.5 Å². The molecule has 0 aliphatic rings. The molecule has 0 aliphatic heterocycles. The fourth-order valence-corrected chi connectivity index (χ4v) is 3.50. The maximum Gasteiger partial charge on any atom is 0.244 e. The van der Waals surface area contributed by atoms with E-state index < -0.39 is 10.0 Å². The van der Waals surface area contributed by atoms with E-state index in [-0.39, 0.29) is 0 Å². The molecule has 6 nitrogen and oxygen atoms in total. The van der Waals surface area contributed by atoms with Crippen LogP contribution >= 0.6 is 0 Å². The minimum Gasteiger partial charge on any atom is -0.330 e. The van der Waals surface area contributed by atoms with Gasteiger partial charge in [0.25, 0.3) is 0 Å². The molecule has 19 heavy (non-hydrogen) atoms. The quantitative estimate of drug-likeness (QED) is 0.722. The fourth-order valence-electron chi connectivity index (χ4n) is 1.99. The van der Waals surface area contributed by atoms with Gasteiger partial charge in [0.2, 0.25) is 10.0 Å². The topological polar surface area (TPSA) is 90.0 Å². The molecule has 1 aromatic heterocycles. The number of aryl methyl sites for hydroxylation is 2. The normalized spacial score (nSPS) is 13.7. The maximum atomic E-state index is 12.2. The Hall–Kier alpha value is -0.920. The van der Waals surface area contributed by atoms with Crippen LogP contribution in [0.25, 0.3) is 0 Å². The van der Waals surface area contributed by atoms with Gasteiger partial charge in [0.05, 0.1) is 11.4 Å². The van der Waals surface area contributed by atoms with Gasteiger partial charge < -0.3 is 5.73 Å². The van der Waals surface area contributed by atoms with Gasteiger partial charge in [-0.15, -0.1) is 0 Å². The molecule has 0 saturated heterocycles. The molecular weight excluding hydrogens is 264 g/mol. The van der Waals surface area contributed by atoms with Gasteiger partial charge >= 0.3 is 0 Å². The lowest BCUT2D eigenvalue weighted by molar-refractivity contribution is 0.513. The number of sulfonamides is 1. The second kappa shape index (κ2) is 6.49. The van der Waals surface area contributed by atoms with Crippen molar-refractivity contribution in [1.82, 2.24) is 14.5 Å². The van der Waals surface area contributed by atoms with Crippen LogP contribution in [0, 0.1) is 19.8 Å². The van der Waals surface area contributed by atoms with E-state index in [0.29, 0.717) is 35.3 Å². The molecule has 1 rings (SSSR count). The van der Waals surface area contributed by atoms with E-state index in [1.807, 2.05) is 0 Å². The van der Waals surface area contributed by atoms with Crippen LogP contribution in [0.3, 0.4) is 0 Å². The lowest BCUT2D eigenvalue weighted by Crippen LogP contribution is -2.26. The minimum absolute atomic E-state index is 0.293. The summed E-state index contributed by atoms with van der Waals surface area (Å²) in [7, 11) is -1.73. The zero-order chi connectivity index (χ0) is 14.6. The second-order valence-corrected chi connectivity index (χ2v) is 6.71. The second-order valence-electron chi connectivity index (χ2n) is 5.00. The largest absolute Gasteiger partial charge is 0.330 e. The van der Waals surface area contributed by atoms with E-state index in [2.05, 4.69) is 16.7 Å². The summed E-state index contributed by atoms with van der Waals surface area (Å²) >= 11 is 0. The summed E-state index contributed by atoms with van der Waals surface area (Å²) in [5, 5.41) is 4.13. The summed E-state index contributed by atoms with van der Waals surface area (Å²) in [5.74, 6) is 0.423. The summed E-state index contributed by atoms with van der Waals surface area (Å²) in [6.45, 7) is 6.58. The van der Waals surface area contributed by atoms with Gasteiger partial charge in [0, 0.05) is 13.6 Å². The monoisotopic (exact) mass is 288 g/mol. The molecule has 0 spiro atoms. The number of aromatic nitrogens is 2. The third-order valence-corrected chi connectivity index (χ3v) is 4.99. The van der Waals surface area contributed by atoms with Gasteiger partial charge in [-0.05, 0) is 39.2 Å². The molecule has 0 aromatic carbocycles. The summed E-state index contributed by atoms with van der Waals surface area (Å²) in [6.07, 6.45) is 1.71. The van der Waals surface area contributed by atoms with Crippen molar-refractivity contribution in [1.29, 1.82) is 0 Å². The first-order chi connectivity index (χ1) is 8.79. The Balaban J connectivity index is 2.67. The Kier molecular flexibility index (Phi) is 5.51. The number of nitrogens with two attached hydrogens (primary N) is 1. The van der Waals surface area contributed by atoms with E-state index in [1.54, 1.807) is 25.6 Å². The number of hydrogen-bond acceptors (Lipinski definition) is 4. The minimum atomic E-state index is -3.47. The van der Waals surface area contributed by atoms with Gasteiger partial charge in [-0.25, -0.2) is 13.1 Å². The molecule has 1 heterocycles. The molecule has 0 bridgehead atoms. The molecule has 0 aliphatic carbocycles. The molecule has 110 valence electrons. The molecular formula is C12H24N4O2S. The number of hydrogen-bond donors (Lipinski definition) is 2. The van der Waals surface area contributed by atoms with Gasteiger partial charge in [-0.2, -0.15) is 5.10 Å². The first-order valence-corrected chi connectivity index (χ1v) is 7.97. The van der Waals surface area contributed by atoms with Crippen molar-refractivity contribution in [2.24, 2.45) is 18.7 Å². The zero-order valence-corrected chi connectivity index (χ0v) is 12.9. The summed E-state index contributed by atoms with van der Waals surface area (Å²) in [5.41, 5.74) is 6.71. The molecule has 7 heteroatoms. The molecule has 0 saturated carbocycles. The average molecular weight is 288 g/mol. The third kappa shape index (κ3) is 4.02. The summed E-state index contributed by atoms with van der Waals surface area (Å²) < 4.78 is 28.6. The average Bonchev–Trinajstić information content (AvgIpc) is 2.59. The predicted molar refractivity (Wildman–Crippen MR) is 75.3 cm³/mol. The summed E-state index contributed by atoms with van der Waals surface area (Å²) in [6, 6.07) is 0.